The van der Waals surface area contributed by atoms with Gasteiger partial charge in [0.05, 0.1) is 9.49 Å². The molecule has 0 saturated heterocycles. The fourth-order valence-corrected chi connectivity index (χ4v) is 6.24. The topological polar surface area (TPSA) is 120 Å². The van der Waals surface area contributed by atoms with E-state index in [4.69, 9.17) is 5.11 Å². The predicted octanol–water partition coefficient (Wildman–Crippen LogP) is 0.606. The summed E-state index contributed by atoms with van der Waals surface area (Å²) in [4.78, 5) is 25.3. The van der Waals surface area contributed by atoms with E-state index >= 15 is 0 Å². The minimum absolute atomic E-state index is 0.128. The number of H-pyrrole nitrogens is 1. The smallest absolute Gasteiger partial charge is 0.356 e. The standard InChI is InChI=1S/C15H19N3O5S/c1-14(3-4-14)24(22,23)15(5-6-15)8-18-7-2-9-10(12(18)19)16-17-11(9)13(20)21/h2-8H2,1H3,(H,16,17)(H,20,21). The minimum Gasteiger partial charge on any atom is -0.476 e. The molecule has 1 aliphatic heterocycles. The molecule has 0 spiro atoms. The van der Waals surface area contributed by atoms with Crippen LogP contribution in [0, 0.1) is 0 Å². The molecule has 1 amide bonds. The monoisotopic (exact) mass is 353 g/mol. The summed E-state index contributed by atoms with van der Waals surface area (Å²) in [7, 11) is -3.28. The van der Waals surface area contributed by atoms with Gasteiger partial charge in [0.2, 0.25) is 0 Å². The number of carbonyl (C=O) groups is 2. The van der Waals surface area contributed by atoms with Crippen molar-refractivity contribution in [3.63, 3.8) is 0 Å². The van der Waals surface area contributed by atoms with Crippen LogP contribution in [0.5, 0.6) is 0 Å². The zero-order valence-corrected chi connectivity index (χ0v) is 14.1. The number of aromatic nitrogens is 2. The van der Waals surface area contributed by atoms with Gasteiger partial charge in [0.15, 0.2) is 15.5 Å². The van der Waals surface area contributed by atoms with E-state index < -0.39 is 25.3 Å². The van der Waals surface area contributed by atoms with Crippen molar-refractivity contribution in [3.8, 4) is 0 Å². The largest absolute Gasteiger partial charge is 0.476 e. The van der Waals surface area contributed by atoms with Crippen molar-refractivity contribution in [1.82, 2.24) is 15.1 Å². The summed E-state index contributed by atoms with van der Waals surface area (Å²) >= 11 is 0. The van der Waals surface area contributed by atoms with Gasteiger partial charge in [-0.3, -0.25) is 9.89 Å². The molecule has 0 bridgehead atoms. The molecule has 2 saturated carbocycles. The van der Waals surface area contributed by atoms with E-state index in [9.17, 15) is 18.0 Å². The Bertz CT molecular complexity index is 848. The number of hydrogen-bond acceptors (Lipinski definition) is 5. The Kier molecular flexibility index (Phi) is 2.99. The van der Waals surface area contributed by atoms with Crippen LogP contribution in [0.15, 0.2) is 0 Å². The maximum Gasteiger partial charge on any atom is 0.356 e. The number of aromatic amines is 1. The van der Waals surface area contributed by atoms with E-state index in [-0.39, 0.29) is 23.8 Å². The van der Waals surface area contributed by atoms with Gasteiger partial charge in [0.25, 0.3) is 5.91 Å². The van der Waals surface area contributed by atoms with Crippen LogP contribution in [0.4, 0.5) is 0 Å². The van der Waals surface area contributed by atoms with E-state index in [1.807, 2.05) is 0 Å². The van der Waals surface area contributed by atoms with Gasteiger partial charge in [-0.05, 0) is 39.0 Å². The molecule has 1 aromatic rings. The van der Waals surface area contributed by atoms with Crippen LogP contribution in [0.25, 0.3) is 0 Å². The Hall–Kier alpha value is -1.90. The summed E-state index contributed by atoms with van der Waals surface area (Å²) < 4.78 is 24.3. The highest BCUT2D eigenvalue weighted by Crippen LogP contribution is 2.56. The first-order valence-corrected chi connectivity index (χ1v) is 9.53. The van der Waals surface area contributed by atoms with E-state index in [2.05, 4.69) is 10.2 Å². The molecule has 8 nitrogen and oxygen atoms in total. The van der Waals surface area contributed by atoms with Crippen LogP contribution in [-0.4, -0.2) is 63.1 Å². The third-order valence-corrected chi connectivity index (χ3v) is 9.05. The van der Waals surface area contributed by atoms with Gasteiger partial charge in [0, 0.05) is 18.7 Å². The molecular weight excluding hydrogens is 334 g/mol. The molecule has 1 aromatic heterocycles. The van der Waals surface area contributed by atoms with Gasteiger partial charge in [-0.1, -0.05) is 0 Å². The molecular formula is C15H19N3O5S. The quantitative estimate of drug-likeness (QED) is 0.800. The van der Waals surface area contributed by atoms with Crippen molar-refractivity contribution in [2.45, 2.75) is 48.5 Å². The molecule has 9 heteroatoms. The highest BCUT2D eigenvalue weighted by atomic mass is 32.2. The Balaban J connectivity index is 1.59. The van der Waals surface area contributed by atoms with Crippen molar-refractivity contribution in [2.75, 3.05) is 13.1 Å². The first-order valence-electron chi connectivity index (χ1n) is 8.05. The van der Waals surface area contributed by atoms with E-state index in [1.165, 1.54) is 4.90 Å². The van der Waals surface area contributed by atoms with Gasteiger partial charge in [-0.2, -0.15) is 5.10 Å². The van der Waals surface area contributed by atoms with E-state index in [0.29, 0.717) is 44.2 Å². The lowest BCUT2D eigenvalue weighted by atomic mass is 10.0. The van der Waals surface area contributed by atoms with Crippen molar-refractivity contribution < 1.29 is 23.1 Å². The van der Waals surface area contributed by atoms with Crippen LogP contribution < -0.4 is 0 Å². The molecule has 3 aliphatic rings. The summed E-state index contributed by atoms with van der Waals surface area (Å²) in [6, 6.07) is 0. The lowest BCUT2D eigenvalue weighted by Gasteiger charge is -2.31. The van der Waals surface area contributed by atoms with Gasteiger partial charge in [0.1, 0.15) is 5.69 Å². The molecule has 24 heavy (non-hydrogen) atoms. The first kappa shape index (κ1) is 15.6. The number of fused-ring (bicyclic) bond motifs is 1. The van der Waals surface area contributed by atoms with Gasteiger partial charge >= 0.3 is 5.97 Å². The molecule has 2 fully saturated rings. The van der Waals surface area contributed by atoms with E-state index in [0.717, 1.165) is 0 Å². The normalized spacial score (nSPS) is 23.7. The highest BCUT2D eigenvalue weighted by Gasteiger charge is 2.65. The summed E-state index contributed by atoms with van der Waals surface area (Å²) in [5.74, 6) is -1.53. The number of carbonyl (C=O) groups excluding carboxylic acids is 1. The zero-order valence-electron chi connectivity index (χ0n) is 13.3. The fraction of sp³-hybridized carbons (Fsp3) is 0.667. The van der Waals surface area contributed by atoms with Crippen LogP contribution >= 0.6 is 0 Å². The van der Waals surface area contributed by atoms with Crippen LogP contribution in [0.2, 0.25) is 0 Å². The molecule has 2 heterocycles. The highest BCUT2D eigenvalue weighted by molar-refractivity contribution is 7.94. The number of nitrogens with one attached hydrogen (secondary N) is 1. The van der Waals surface area contributed by atoms with Crippen LogP contribution in [0.3, 0.4) is 0 Å². The summed E-state index contributed by atoms with van der Waals surface area (Å²) in [6.07, 6.45) is 2.93. The Morgan fingerprint density at radius 3 is 2.54 bits per heavy atom. The molecule has 0 atom stereocenters. The first-order chi connectivity index (χ1) is 11.2. The number of hydrogen-bond donors (Lipinski definition) is 2. The molecule has 4 rings (SSSR count). The van der Waals surface area contributed by atoms with Crippen molar-refractivity contribution in [3.05, 3.63) is 17.0 Å². The second kappa shape index (κ2) is 4.59. The molecule has 2 aliphatic carbocycles. The molecule has 2 N–H and O–H groups in total. The summed E-state index contributed by atoms with van der Waals surface area (Å²) in [5, 5.41) is 15.3. The second-order valence-corrected chi connectivity index (χ2v) is 10.2. The SMILES string of the molecule is CC1(S(=O)(=O)C2(CN3CCc4c(C(=O)O)n[nH]c4C3=O)CC2)CC1. The minimum atomic E-state index is -3.28. The second-order valence-electron chi connectivity index (χ2n) is 7.34. The predicted molar refractivity (Wildman–Crippen MR) is 83.7 cm³/mol. The average Bonchev–Trinajstić information content (AvgIpc) is 3.41. The average molecular weight is 353 g/mol. The maximum absolute atomic E-state index is 12.9. The molecule has 0 radical (unpaired) electrons. The molecule has 130 valence electrons. The van der Waals surface area contributed by atoms with Gasteiger partial charge in [-0.25, -0.2) is 13.2 Å². The lowest BCUT2D eigenvalue weighted by molar-refractivity contribution is 0.0688. The third-order valence-electron chi connectivity index (χ3n) is 5.66. The number of amides is 1. The van der Waals surface area contributed by atoms with Gasteiger partial charge in [-0.15, -0.1) is 0 Å². The van der Waals surface area contributed by atoms with Crippen molar-refractivity contribution in [1.29, 1.82) is 0 Å². The van der Waals surface area contributed by atoms with Crippen LogP contribution in [0.1, 0.15) is 59.1 Å². The number of carboxylic acid groups (broad SMARTS) is 1. The maximum atomic E-state index is 12.9. The molecule has 0 unspecified atom stereocenters. The van der Waals surface area contributed by atoms with Crippen molar-refractivity contribution in [2.24, 2.45) is 0 Å². The zero-order chi connectivity index (χ0) is 17.3. The molecule has 0 aromatic carbocycles. The van der Waals surface area contributed by atoms with Gasteiger partial charge < -0.3 is 10.0 Å². The summed E-state index contributed by atoms with van der Waals surface area (Å²) in [5.41, 5.74) is 0.451. The Labute approximate surface area is 139 Å². The number of carboxylic acids is 1. The van der Waals surface area contributed by atoms with E-state index in [1.54, 1.807) is 6.92 Å². The number of rotatable bonds is 5. The van der Waals surface area contributed by atoms with Crippen LogP contribution in [-0.2, 0) is 16.3 Å². The van der Waals surface area contributed by atoms with Crippen molar-refractivity contribution >= 4 is 21.7 Å². The number of nitrogens with zero attached hydrogens (tertiary/aromatic N) is 2. The number of aromatic carboxylic acids is 1. The Morgan fingerprint density at radius 2 is 2.00 bits per heavy atom. The third kappa shape index (κ3) is 1.96. The Morgan fingerprint density at radius 1 is 1.33 bits per heavy atom. The number of sulfone groups is 1. The fourth-order valence-electron chi connectivity index (χ4n) is 3.59. The lowest BCUT2D eigenvalue weighted by Crippen LogP contribution is -2.47. The summed E-state index contributed by atoms with van der Waals surface area (Å²) in [6.45, 7) is 2.29.